The first-order valence-corrected chi connectivity index (χ1v) is 13.2. The Labute approximate surface area is 212 Å². The topological polar surface area (TPSA) is 55.0 Å². The Morgan fingerprint density at radius 1 is 1.03 bits per heavy atom. The van der Waals surface area contributed by atoms with Crippen molar-refractivity contribution < 1.29 is 9.53 Å². The van der Waals surface area contributed by atoms with Crippen LogP contribution in [0, 0.1) is 0 Å². The van der Waals surface area contributed by atoms with Gasteiger partial charge in [-0.2, -0.15) is 0 Å². The largest absolute Gasteiger partial charge is 0.485 e. The summed E-state index contributed by atoms with van der Waals surface area (Å²) in [6.45, 7) is 0. The van der Waals surface area contributed by atoms with Crippen molar-refractivity contribution in [3.63, 3.8) is 0 Å². The molecule has 1 aliphatic rings. The summed E-state index contributed by atoms with van der Waals surface area (Å²) in [7, 11) is 0. The van der Waals surface area contributed by atoms with E-state index in [4.69, 9.17) is 4.74 Å². The number of ether oxygens (including phenoxy) is 1. The lowest BCUT2D eigenvalue weighted by atomic mass is 9.87. The van der Waals surface area contributed by atoms with Crippen molar-refractivity contribution in [1.29, 1.82) is 0 Å². The van der Waals surface area contributed by atoms with Gasteiger partial charge >= 0.3 is 0 Å². The molecule has 1 N–H and O–H groups in total. The smallest absolute Gasteiger partial charge is 0.163 e. The number of Topliss-reactive ketones (excluding diaryl/α,β-unsaturated/α-hetero) is 1. The van der Waals surface area contributed by atoms with E-state index >= 15 is 0 Å². The quantitative estimate of drug-likeness (QED) is 0.241. The van der Waals surface area contributed by atoms with Crippen molar-refractivity contribution in [3.05, 3.63) is 112 Å². The number of carbonyl (C=O) groups excluding carboxylic acids is 1. The number of ketones is 1. The number of imidazole rings is 1. The van der Waals surface area contributed by atoms with Crippen LogP contribution in [0.4, 0.5) is 0 Å². The molecule has 4 aromatic rings. The van der Waals surface area contributed by atoms with Gasteiger partial charge in [0.05, 0.1) is 0 Å². The number of carbonyl (C=O) groups is 1. The van der Waals surface area contributed by atoms with E-state index in [0.29, 0.717) is 12.8 Å². The molecule has 0 unspecified atom stereocenters. The number of aromatic nitrogens is 2. The zero-order chi connectivity index (χ0) is 23.3. The lowest BCUT2D eigenvalue weighted by Gasteiger charge is -2.25. The number of rotatable bonds is 8. The number of H-pyrrole nitrogens is 1. The van der Waals surface area contributed by atoms with Crippen LogP contribution in [-0.2, 0) is 18.6 Å². The van der Waals surface area contributed by atoms with Crippen LogP contribution in [0.1, 0.15) is 51.8 Å². The average Bonchev–Trinajstić information content (AvgIpc) is 3.38. The summed E-state index contributed by atoms with van der Waals surface area (Å²) < 4.78 is 7.80. The number of nitrogens with one attached hydrogen (secondary N) is 1. The molecule has 0 bridgehead atoms. The molecule has 0 saturated carbocycles. The van der Waals surface area contributed by atoms with Crippen LogP contribution >= 0.6 is 27.7 Å². The highest BCUT2D eigenvalue weighted by molar-refractivity contribution is 9.10. The van der Waals surface area contributed by atoms with Crippen molar-refractivity contribution in [3.8, 4) is 5.75 Å². The fourth-order valence-electron chi connectivity index (χ4n) is 4.39. The highest BCUT2D eigenvalue weighted by Gasteiger charge is 2.25. The lowest BCUT2D eigenvalue weighted by molar-refractivity contribution is 0.0972. The second kappa shape index (κ2) is 10.6. The van der Waals surface area contributed by atoms with Crippen LogP contribution in [0.2, 0.25) is 0 Å². The van der Waals surface area contributed by atoms with E-state index in [1.807, 2.05) is 48.7 Å². The number of benzene rings is 3. The monoisotopic (exact) mass is 532 g/mol. The van der Waals surface area contributed by atoms with Gasteiger partial charge in [-0.1, -0.05) is 42.5 Å². The van der Waals surface area contributed by atoms with E-state index < -0.39 is 0 Å². The molecule has 172 valence electrons. The summed E-state index contributed by atoms with van der Waals surface area (Å²) in [6.07, 6.45) is 6.44. The fraction of sp³-hybridized carbons (Fsp3) is 0.214. The molecule has 1 heterocycles. The van der Waals surface area contributed by atoms with Gasteiger partial charge in [-0.15, -0.1) is 11.8 Å². The highest BCUT2D eigenvalue weighted by Crippen LogP contribution is 2.39. The lowest BCUT2D eigenvalue weighted by Crippen LogP contribution is -2.16. The molecule has 5 rings (SSSR count). The Morgan fingerprint density at radius 3 is 2.65 bits per heavy atom. The third kappa shape index (κ3) is 5.13. The first-order chi connectivity index (χ1) is 16.7. The molecular weight excluding hydrogens is 508 g/mol. The molecule has 34 heavy (non-hydrogen) atoms. The number of halogens is 1. The molecule has 0 spiro atoms. The van der Waals surface area contributed by atoms with Crippen molar-refractivity contribution in [2.45, 2.75) is 42.4 Å². The number of aromatic amines is 1. The molecule has 0 radical (unpaired) electrons. The standard InChI is InChI=1S/C28H25BrN2O2S/c29-23-10-4-5-12-27(23)34-18-22-20-9-6-11-24(32)21(20)13-14-25(22)33-26(17-28-30-15-16-31-28)19-7-2-1-3-8-19/h1-5,7-8,10,12-16,26H,6,9,11,17-18H2,(H,30,31)/t26-/m0/s1. The van der Waals surface area contributed by atoms with Crippen LogP contribution in [0.5, 0.6) is 5.75 Å². The first-order valence-electron chi connectivity index (χ1n) is 11.4. The molecule has 1 aromatic heterocycles. The van der Waals surface area contributed by atoms with E-state index in [2.05, 4.69) is 50.2 Å². The van der Waals surface area contributed by atoms with E-state index in [1.165, 1.54) is 4.90 Å². The normalized spacial score (nSPS) is 14.0. The molecule has 4 nitrogen and oxygen atoms in total. The fourth-order valence-corrected chi connectivity index (χ4v) is 6.02. The summed E-state index contributed by atoms with van der Waals surface area (Å²) in [5.41, 5.74) is 4.20. The molecular formula is C28H25BrN2O2S. The van der Waals surface area contributed by atoms with Gasteiger partial charge in [-0.3, -0.25) is 4.79 Å². The van der Waals surface area contributed by atoms with Gasteiger partial charge < -0.3 is 9.72 Å². The third-order valence-corrected chi connectivity index (χ3v) is 8.16. The van der Waals surface area contributed by atoms with Gasteiger partial charge in [0.1, 0.15) is 17.7 Å². The Bertz CT molecular complexity index is 1280. The minimum atomic E-state index is -0.197. The molecule has 0 saturated heterocycles. The minimum absolute atomic E-state index is 0.197. The van der Waals surface area contributed by atoms with Crippen molar-refractivity contribution >= 4 is 33.5 Å². The average molecular weight is 533 g/mol. The summed E-state index contributed by atoms with van der Waals surface area (Å²) in [6, 6.07) is 22.4. The Kier molecular flexibility index (Phi) is 7.16. The molecule has 1 atom stereocenters. The maximum Gasteiger partial charge on any atom is 0.163 e. The van der Waals surface area contributed by atoms with Gasteiger partial charge in [0.2, 0.25) is 0 Å². The van der Waals surface area contributed by atoms with Gasteiger partial charge in [-0.25, -0.2) is 4.98 Å². The second-order valence-corrected chi connectivity index (χ2v) is 10.2. The molecule has 0 aliphatic heterocycles. The molecule has 0 amide bonds. The van der Waals surface area contributed by atoms with Crippen LogP contribution in [0.25, 0.3) is 0 Å². The number of fused-ring (bicyclic) bond motifs is 1. The number of hydrogen-bond acceptors (Lipinski definition) is 4. The van der Waals surface area contributed by atoms with E-state index in [1.54, 1.807) is 18.0 Å². The van der Waals surface area contributed by atoms with Crippen molar-refractivity contribution in [2.75, 3.05) is 0 Å². The molecule has 1 aliphatic carbocycles. The highest BCUT2D eigenvalue weighted by atomic mass is 79.9. The summed E-state index contributed by atoms with van der Waals surface area (Å²) in [4.78, 5) is 21.5. The summed E-state index contributed by atoms with van der Waals surface area (Å²) in [5.74, 6) is 2.69. The van der Waals surface area contributed by atoms with E-state index in [9.17, 15) is 4.79 Å². The van der Waals surface area contributed by atoms with Gasteiger partial charge in [0.15, 0.2) is 5.78 Å². The van der Waals surface area contributed by atoms with E-state index in [0.717, 1.165) is 56.9 Å². The SMILES string of the molecule is O=C1CCCc2c1ccc(O[C@@H](Cc1ncc[nH]1)c1ccccc1)c2CSc1ccccc1Br. The predicted molar refractivity (Wildman–Crippen MR) is 140 cm³/mol. The Morgan fingerprint density at radius 2 is 1.85 bits per heavy atom. The van der Waals surface area contributed by atoms with Crippen LogP contribution < -0.4 is 4.74 Å². The van der Waals surface area contributed by atoms with Gasteiger partial charge in [0, 0.05) is 51.5 Å². The van der Waals surface area contributed by atoms with Crippen molar-refractivity contribution in [1.82, 2.24) is 9.97 Å². The van der Waals surface area contributed by atoms with Gasteiger partial charge in [0.25, 0.3) is 0 Å². The Hall–Kier alpha value is -2.83. The summed E-state index contributed by atoms with van der Waals surface area (Å²) >= 11 is 5.42. The van der Waals surface area contributed by atoms with Crippen molar-refractivity contribution in [2.24, 2.45) is 0 Å². The summed E-state index contributed by atoms with van der Waals surface area (Å²) in [5, 5.41) is 0. The Balaban J connectivity index is 1.51. The zero-order valence-corrected chi connectivity index (χ0v) is 21.1. The maximum atomic E-state index is 12.7. The first kappa shape index (κ1) is 22.9. The molecule has 6 heteroatoms. The molecule has 0 fully saturated rings. The second-order valence-electron chi connectivity index (χ2n) is 8.32. The number of nitrogens with zero attached hydrogens (tertiary/aromatic N) is 1. The number of thioether (sulfide) groups is 1. The predicted octanol–water partition coefficient (Wildman–Crippen LogP) is 7.35. The maximum absolute atomic E-state index is 12.7. The van der Waals surface area contributed by atoms with Crippen LogP contribution in [0.15, 0.2) is 88.5 Å². The van der Waals surface area contributed by atoms with Crippen LogP contribution in [0.3, 0.4) is 0 Å². The molecule has 3 aromatic carbocycles. The zero-order valence-electron chi connectivity index (χ0n) is 18.7. The van der Waals surface area contributed by atoms with E-state index in [-0.39, 0.29) is 11.9 Å². The third-order valence-electron chi connectivity index (χ3n) is 6.10. The minimum Gasteiger partial charge on any atom is -0.485 e. The van der Waals surface area contributed by atoms with Gasteiger partial charge in [-0.05, 0) is 64.2 Å². The van der Waals surface area contributed by atoms with Crippen LogP contribution in [-0.4, -0.2) is 15.8 Å². The number of hydrogen-bond donors (Lipinski definition) is 1.